The van der Waals surface area contributed by atoms with Gasteiger partial charge in [-0.05, 0) is 34.7 Å². The van der Waals surface area contributed by atoms with Crippen LogP contribution in [0.4, 0.5) is 5.95 Å². The number of nitrogens with one attached hydrogen (secondary N) is 1. The second-order valence-electron chi connectivity index (χ2n) is 8.30. The van der Waals surface area contributed by atoms with E-state index in [1.807, 2.05) is 6.26 Å². The highest BCUT2D eigenvalue weighted by Crippen LogP contribution is 2.42. The average Bonchev–Trinajstić information content (AvgIpc) is 2.86. The first kappa shape index (κ1) is 28.6. The Balaban J connectivity index is 2.02. The van der Waals surface area contributed by atoms with Gasteiger partial charge in [-0.25, -0.2) is 9.97 Å². The number of ether oxygens (including phenoxy) is 2. The van der Waals surface area contributed by atoms with Gasteiger partial charge in [-0.15, -0.1) is 11.6 Å². The zero-order valence-electron chi connectivity index (χ0n) is 20.3. The molecule has 4 radical (unpaired) electrons. The molecule has 188 valence electrons. The van der Waals surface area contributed by atoms with Gasteiger partial charge in [0.1, 0.15) is 46.5 Å². The number of halogens is 2. The maximum atomic E-state index is 11.1. The number of hydrogen-bond acceptors (Lipinski definition) is 9. The van der Waals surface area contributed by atoms with E-state index in [4.69, 9.17) is 48.4 Å². The molecule has 0 aliphatic rings. The lowest BCUT2D eigenvalue weighted by molar-refractivity contribution is 0.286. The van der Waals surface area contributed by atoms with E-state index in [2.05, 4.69) is 20.8 Å². The van der Waals surface area contributed by atoms with Gasteiger partial charge in [0, 0.05) is 23.4 Å². The molecule has 0 amide bonds. The maximum absolute atomic E-state index is 11.1. The number of phenolic OH excluding ortho intramolecular Hbond substituents is 2. The summed E-state index contributed by atoms with van der Waals surface area (Å²) in [6.45, 7) is 3.58. The highest BCUT2D eigenvalue weighted by molar-refractivity contribution is 7.99. The summed E-state index contributed by atoms with van der Waals surface area (Å²) in [7, 11) is 12.5. The van der Waals surface area contributed by atoms with E-state index in [9.17, 15) is 15.5 Å². The summed E-state index contributed by atoms with van der Waals surface area (Å²) < 4.78 is 14.1. The van der Waals surface area contributed by atoms with E-state index in [-0.39, 0.29) is 63.4 Å². The normalized spacial score (nSPS) is 11.1. The number of benzene rings is 2. The molecule has 3 aromatic rings. The monoisotopic (exact) mass is 554 g/mol. The number of rotatable bonds is 10. The number of phenols is 2. The zero-order valence-corrected chi connectivity index (χ0v) is 22.6. The molecule has 0 aliphatic carbocycles. The third-order valence-corrected chi connectivity index (χ3v) is 6.40. The topological polar surface area (TPSA) is 121 Å². The number of anilines is 1. The van der Waals surface area contributed by atoms with Gasteiger partial charge >= 0.3 is 0 Å². The highest BCUT2D eigenvalue weighted by Gasteiger charge is 2.33. The fourth-order valence-electron chi connectivity index (χ4n) is 3.75. The van der Waals surface area contributed by atoms with Gasteiger partial charge in [0.25, 0.3) is 0 Å². The fraction of sp³-hybridized carbons (Fsp3) is 0.292. The van der Waals surface area contributed by atoms with Crippen LogP contribution in [-0.4, -0.2) is 54.6 Å². The molecule has 37 heavy (non-hydrogen) atoms. The number of aromatic hydroxyl groups is 2. The lowest BCUT2D eigenvalue weighted by atomic mass is 9.69. The SMILES string of the molecule is [B]c1c(O)c(C(C)(C)c2cc(Cl)c(OCCCl)c(C#N)c2)c([B])c(O)c1OCc1ccnc(NSC)n1. The third-order valence-electron chi connectivity index (χ3n) is 5.58. The van der Waals surface area contributed by atoms with Crippen molar-refractivity contribution >= 4 is 67.7 Å². The van der Waals surface area contributed by atoms with Crippen molar-refractivity contribution in [1.29, 1.82) is 5.26 Å². The first-order valence-electron chi connectivity index (χ1n) is 10.9. The molecule has 3 rings (SSSR count). The second kappa shape index (κ2) is 12.1. The van der Waals surface area contributed by atoms with Crippen LogP contribution in [0.5, 0.6) is 23.0 Å². The molecule has 0 spiro atoms. The Labute approximate surface area is 232 Å². The first-order chi connectivity index (χ1) is 17.6. The van der Waals surface area contributed by atoms with E-state index >= 15 is 0 Å². The summed E-state index contributed by atoms with van der Waals surface area (Å²) in [5, 5.41) is 31.8. The van der Waals surface area contributed by atoms with E-state index in [1.165, 1.54) is 11.9 Å². The molecule has 2 aromatic carbocycles. The van der Waals surface area contributed by atoms with Crippen molar-refractivity contribution in [1.82, 2.24) is 9.97 Å². The van der Waals surface area contributed by atoms with Gasteiger partial charge < -0.3 is 19.7 Å². The molecular formula is C24H22B2Cl2N4O4S. The lowest BCUT2D eigenvalue weighted by Crippen LogP contribution is -2.31. The van der Waals surface area contributed by atoms with Crippen LogP contribution < -0.4 is 25.1 Å². The van der Waals surface area contributed by atoms with Crippen molar-refractivity contribution in [3.05, 3.63) is 51.8 Å². The van der Waals surface area contributed by atoms with E-state index < -0.39 is 11.2 Å². The summed E-state index contributed by atoms with van der Waals surface area (Å²) >= 11 is 13.4. The largest absolute Gasteiger partial charge is 0.508 e. The Hall–Kier alpha value is -2.93. The van der Waals surface area contributed by atoms with Crippen LogP contribution in [0.25, 0.3) is 0 Å². The van der Waals surface area contributed by atoms with Crippen molar-refractivity contribution in [3.63, 3.8) is 0 Å². The van der Waals surface area contributed by atoms with Crippen LogP contribution in [0.15, 0.2) is 24.4 Å². The van der Waals surface area contributed by atoms with Crippen LogP contribution in [-0.2, 0) is 12.0 Å². The molecule has 0 aliphatic heterocycles. The minimum Gasteiger partial charge on any atom is -0.508 e. The predicted octanol–water partition coefficient (Wildman–Crippen LogP) is 3.21. The van der Waals surface area contributed by atoms with Gasteiger partial charge in [0.05, 0.1) is 22.2 Å². The fourth-order valence-corrected chi connectivity index (χ4v) is 4.38. The van der Waals surface area contributed by atoms with E-state index in [0.29, 0.717) is 17.2 Å². The number of alkyl halides is 1. The molecule has 1 aromatic heterocycles. The van der Waals surface area contributed by atoms with Crippen LogP contribution in [0.1, 0.15) is 36.2 Å². The number of nitriles is 1. The minimum atomic E-state index is -1.05. The Bertz CT molecular complexity index is 1330. The van der Waals surface area contributed by atoms with Crippen molar-refractivity contribution < 1.29 is 19.7 Å². The van der Waals surface area contributed by atoms with Gasteiger partial charge in [-0.1, -0.05) is 37.4 Å². The van der Waals surface area contributed by atoms with Crippen molar-refractivity contribution in [2.45, 2.75) is 25.9 Å². The molecule has 1 heterocycles. The highest BCUT2D eigenvalue weighted by atomic mass is 35.5. The molecule has 0 saturated carbocycles. The summed E-state index contributed by atoms with van der Waals surface area (Å²) in [6, 6.07) is 6.86. The Morgan fingerprint density at radius 2 is 1.89 bits per heavy atom. The molecule has 13 heteroatoms. The summed E-state index contributed by atoms with van der Waals surface area (Å²) in [6.07, 6.45) is 3.39. The van der Waals surface area contributed by atoms with Crippen LogP contribution in [0.2, 0.25) is 5.02 Å². The number of aromatic nitrogens is 2. The minimum absolute atomic E-state index is 0.0735. The Morgan fingerprint density at radius 3 is 2.54 bits per heavy atom. The summed E-state index contributed by atoms with van der Waals surface area (Å²) in [4.78, 5) is 8.37. The van der Waals surface area contributed by atoms with Crippen LogP contribution >= 0.6 is 35.1 Å². The van der Waals surface area contributed by atoms with Crippen LogP contribution in [0, 0.1) is 11.3 Å². The first-order valence-corrected chi connectivity index (χ1v) is 13.0. The molecule has 8 nitrogen and oxygen atoms in total. The third kappa shape index (κ3) is 5.98. The molecule has 0 saturated heterocycles. The Kier molecular flexibility index (Phi) is 9.35. The average molecular weight is 555 g/mol. The zero-order chi connectivity index (χ0) is 27.3. The second-order valence-corrected chi connectivity index (χ2v) is 9.70. The van der Waals surface area contributed by atoms with E-state index in [1.54, 1.807) is 38.2 Å². The molecule has 0 unspecified atom stereocenters. The maximum Gasteiger partial charge on any atom is 0.233 e. The predicted molar refractivity (Wildman–Crippen MR) is 149 cm³/mol. The standard InChI is InChI=1S/C24H22B2Cl2N4O4S/c1-24(2,13-8-12(10-29)21(15(28)9-13)35-7-5-27)16-17(25)20(34)22(18(26)19(16)33)36-11-14-4-6-30-23(31-14)32-37-3/h4,6,8-9,33-34H,5,7,11H2,1-3H3,(H,30,31,32). The van der Waals surface area contributed by atoms with Gasteiger partial charge in [-0.3, -0.25) is 4.72 Å². The quantitative estimate of drug-likeness (QED) is 0.150. The molecular weight excluding hydrogens is 533 g/mol. The summed E-state index contributed by atoms with van der Waals surface area (Å²) in [5.41, 5.74) is -0.0617. The van der Waals surface area contributed by atoms with Crippen molar-refractivity contribution in [3.8, 4) is 29.1 Å². The van der Waals surface area contributed by atoms with E-state index in [0.717, 1.165) is 0 Å². The van der Waals surface area contributed by atoms with Gasteiger partial charge in [-0.2, -0.15) is 5.26 Å². The smallest absolute Gasteiger partial charge is 0.233 e. The lowest BCUT2D eigenvalue weighted by Gasteiger charge is -2.32. The molecule has 0 atom stereocenters. The molecule has 0 fully saturated rings. The van der Waals surface area contributed by atoms with Crippen LogP contribution in [0.3, 0.4) is 0 Å². The van der Waals surface area contributed by atoms with Crippen molar-refractivity contribution in [2.24, 2.45) is 0 Å². The van der Waals surface area contributed by atoms with Crippen molar-refractivity contribution in [2.75, 3.05) is 23.5 Å². The Morgan fingerprint density at radius 1 is 1.16 bits per heavy atom. The molecule has 0 bridgehead atoms. The number of nitrogens with zero attached hydrogens (tertiary/aromatic N) is 3. The molecule has 3 N–H and O–H groups in total. The number of hydrogen-bond donors (Lipinski definition) is 3. The summed E-state index contributed by atoms with van der Waals surface area (Å²) in [5.74, 6) is -0.191. The van der Waals surface area contributed by atoms with Gasteiger partial charge in [0.2, 0.25) is 5.95 Å². The van der Waals surface area contributed by atoms with Gasteiger partial charge in [0.15, 0.2) is 11.5 Å².